The number of benzene rings is 2. The van der Waals surface area contributed by atoms with Gasteiger partial charge in [-0.05, 0) is 38.3 Å². The van der Waals surface area contributed by atoms with E-state index in [4.69, 9.17) is 14.2 Å². The van der Waals surface area contributed by atoms with Crippen molar-refractivity contribution in [2.45, 2.75) is 58.7 Å². The average Bonchev–Trinajstić information content (AvgIpc) is 2.82. The molecule has 2 amide bonds. The van der Waals surface area contributed by atoms with E-state index in [1.807, 2.05) is 61.2 Å². The fourth-order valence-electron chi connectivity index (χ4n) is 4.45. The number of fused-ring (bicyclic) bond motifs is 1. The molecule has 0 aromatic heterocycles. The number of carbonyl (C=O) groups is 2. The molecule has 0 radical (unpaired) electrons. The standard InChI is InChI=1S/C26H34N2O5/c1-6-11-25(29)28-18(3)14-21(20-15-23(31-4)24(32-5)16-22(20)28)27(26(30)33-7-2)17-19-12-9-8-10-13-19/h8-10,12-13,15-16,18,21H,6-7,11,14,17H2,1-5H3/t18-,21+/m0/s1. The van der Waals surface area contributed by atoms with Crippen LogP contribution in [-0.4, -0.2) is 43.8 Å². The molecular weight excluding hydrogens is 420 g/mol. The average molecular weight is 455 g/mol. The summed E-state index contributed by atoms with van der Waals surface area (Å²) in [6.07, 6.45) is 1.42. The zero-order valence-corrected chi connectivity index (χ0v) is 20.2. The van der Waals surface area contributed by atoms with Gasteiger partial charge in [-0.2, -0.15) is 0 Å². The molecule has 2 aromatic carbocycles. The number of hydrogen-bond acceptors (Lipinski definition) is 5. The minimum atomic E-state index is -0.382. The first-order valence-corrected chi connectivity index (χ1v) is 11.5. The lowest BCUT2D eigenvalue weighted by Gasteiger charge is -2.43. The zero-order valence-electron chi connectivity index (χ0n) is 20.2. The summed E-state index contributed by atoms with van der Waals surface area (Å²) in [5.41, 5.74) is 2.60. The van der Waals surface area contributed by atoms with E-state index in [0.717, 1.165) is 23.2 Å². The molecule has 1 aliphatic heterocycles. The highest BCUT2D eigenvalue weighted by Crippen LogP contribution is 2.46. The number of hydrogen-bond donors (Lipinski definition) is 0. The van der Waals surface area contributed by atoms with Gasteiger partial charge in [-0.3, -0.25) is 9.69 Å². The molecule has 33 heavy (non-hydrogen) atoms. The van der Waals surface area contributed by atoms with E-state index in [1.54, 1.807) is 26.0 Å². The summed E-state index contributed by atoms with van der Waals surface area (Å²) in [5.74, 6) is 1.16. The van der Waals surface area contributed by atoms with Gasteiger partial charge in [-0.1, -0.05) is 37.3 Å². The number of ether oxygens (including phenoxy) is 3. The van der Waals surface area contributed by atoms with Crippen LogP contribution in [0.5, 0.6) is 11.5 Å². The molecule has 1 heterocycles. The second-order valence-electron chi connectivity index (χ2n) is 8.19. The minimum Gasteiger partial charge on any atom is -0.493 e. The Morgan fingerprint density at radius 2 is 1.73 bits per heavy atom. The fraction of sp³-hybridized carbons (Fsp3) is 0.462. The molecule has 0 unspecified atom stereocenters. The lowest BCUT2D eigenvalue weighted by atomic mass is 9.89. The van der Waals surface area contributed by atoms with Crippen molar-refractivity contribution in [3.8, 4) is 11.5 Å². The van der Waals surface area contributed by atoms with Crippen LogP contribution in [0.2, 0.25) is 0 Å². The van der Waals surface area contributed by atoms with E-state index in [-0.39, 0.29) is 30.7 Å². The van der Waals surface area contributed by atoms with E-state index in [2.05, 4.69) is 0 Å². The molecule has 0 fully saturated rings. The van der Waals surface area contributed by atoms with Crippen LogP contribution in [-0.2, 0) is 16.1 Å². The smallest absolute Gasteiger partial charge is 0.410 e. The van der Waals surface area contributed by atoms with Crippen LogP contribution in [0.1, 0.15) is 57.2 Å². The summed E-state index contributed by atoms with van der Waals surface area (Å²) in [4.78, 5) is 29.8. The molecule has 178 valence electrons. The van der Waals surface area contributed by atoms with Crippen LogP contribution in [0.3, 0.4) is 0 Å². The minimum absolute atomic E-state index is 0.0580. The van der Waals surface area contributed by atoms with Crippen LogP contribution in [0, 0.1) is 0 Å². The third-order valence-corrected chi connectivity index (χ3v) is 5.96. The molecule has 0 saturated carbocycles. The highest BCUT2D eigenvalue weighted by Gasteiger charge is 2.39. The van der Waals surface area contributed by atoms with Crippen molar-refractivity contribution in [2.24, 2.45) is 0 Å². The summed E-state index contributed by atoms with van der Waals surface area (Å²) in [7, 11) is 3.16. The van der Waals surface area contributed by atoms with Crippen molar-refractivity contribution < 1.29 is 23.8 Å². The first-order chi connectivity index (χ1) is 15.9. The molecule has 0 saturated heterocycles. The summed E-state index contributed by atoms with van der Waals surface area (Å²) >= 11 is 0. The Hall–Kier alpha value is -3.22. The molecule has 2 aromatic rings. The van der Waals surface area contributed by atoms with E-state index in [9.17, 15) is 9.59 Å². The number of methoxy groups -OCH3 is 2. The van der Waals surface area contributed by atoms with E-state index >= 15 is 0 Å². The summed E-state index contributed by atoms with van der Waals surface area (Å²) < 4.78 is 16.5. The van der Waals surface area contributed by atoms with Gasteiger partial charge in [-0.15, -0.1) is 0 Å². The normalized spacial score (nSPS) is 17.2. The highest BCUT2D eigenvalue weighted by atomic mass is 16.6. The second kappa shape index (κ2) is 11.1. The van der Waals surface area contributed by atoms with Gasteiger partial charge < -0.3 is 19.1 Å². The molecule has 3 rings (SSSR count). The Morgan fingerprint density at radius 3 is 2.33 bits per heavy atom. The predicted molar refractivity (Wildman–Crippen MR) is 128 cm³/mol. The van der Waals surface area contributed by atoms with Crippen LogP contribution in [0.25, 0.3) is 0 Å². The van der Waals surface area contributed by atoms with Gasteiger partial charge in [0.05, 0.1) is 32.6 Å². The quantitative estimate of drug-likeness (QED) is 0.539. The first kappa shape index (κ1) is 24.4. The first-order valence-electron chi connectivity index (χ1n) is 11.5. The topological polar surface area (TPSA) is 68.3 Å². The van der Waals surface area contributed by atoms with Crippen LogP contribution >= 0.6 is 0 Å². The van der Waals surface area contributed by atoms with E-state index < -0.39 is 0 Å². The van der Waals surface area contributed by atoms with Crippen molar-refractivity contribution in [2.75, 3.05) is 25.7 Å². The number of nitrogens with zero attached hydrogens (tertiary/aromatic N) is 2. The Labute approximate surface area is 196 Å². The predicted octanol–water partition coefficient (Wildman–Crippen LogP) is 5.33. The Kier molecular flexibility index (Phi) is 8.20. The summed E-state index contributed by atoms with van der Waals surface area (Å²) in [6.45, 7) is 6.49. The van der Waals surface area contributed by atoms with Crippen LogP contribution < -0.4 is 14.4 Å². The van der Waals surface area contributed by atoms with Crippen molar-refractivity contribution in [1.29, 1.82) is 0 Å². The molecule has 7 heteroatoms. The fourth-order valence-corrected chi connectivity index (χ4v) is 4.45. The molecule has 2 atom stereocenters. The van der Waals surface area contributed by atoms with Gasteiger partial charge in [-0.25, -0.2) is 4.79 Å². The van der Waals surface area contributed by atoms with Crippen molar-refractivity contribution >= 4 is 17.7 Å². The van der Waals surface area contributed by atoms with Gasteiger partial charge in [0.1, 0.15) is 0 Å². The largest absolute Gasteiger partial charge is 0.493 e. The van der Waals surface area contributed by atoms with Crippen LogP contribution in [0.4, 0.5) is 10.5 Å². The monoisotopic (exact) mass is 454 g/mol. The number of carbonyl (C=O) groups excluding carboxylic acids is 2. The molecule has 7 nitrogen and oxygen atoms in total. The molecule has 0 aliphatic carbocycles. The highest BCUT2D eigenvalue weighted by molar-refractivity contribution is 5.96. The molecule has 0 N–H and O–H groups in total. The Bertz CT molecular complexity index is 963. The molecular formula is C26H34N2O5. The SMILES string of the molecule is CCCC(=O)N1c2cc(OC)c(OC)cc2[C@H](N(Cc2ccccc2)C(=O)OCC)C[C@@H]1C. The molecule has 0 bridgehead atoms. The zero-order chi connectivity index (χ0) is 24.0. The van der Waals surface area contributed by atoms with E-state index in [0.29, 0.717) is 30.9 Å². The summed E-state index contributed by atoms with van der Waals surface area (Å²) in [6, 6.07) is 13.2. The third-order valence-electron chi connectivity index (χ3n) is 5.96. The van der Waals surface area contributed by atoms with Gasteiger partial charge in [0, 0.05) is 30.6 Å². The second-order valence-corrected chi connectivity index (χ2v) is 8.19. The summed E-state index contributed by atoms with van der Waals surface area (Å²) in [5, 5.41) is 0. The van der Waals surface area contributed by atoms with Gasteiger partial charge in [0.2, 0.25) is 5.91 Å². The van der Waals surface area contributed by atoms with Crippen LogP contribution in [0.15, 0.2) is 42.5 Å². The maximum Gasteiger partial charge on any atom is 0.410 e. The lowest BCUT2D eigenvalue weighted by Crippen LogP contribution is -2.47. The maximum atomic E-state index is 13.1. The Balaban J connectivity index is 2.14. The van der Waals surface area contributed by atoms with Gasteiger partial charge in [0.25, 0.3) is 0 Å². The number of anilines is 1. The molecule has 0 spiro atoms. The third kappa shape index (κ3) is 5.24. The lowest BCUT2D eigenvalue weighted by molar-refractivity contribution is -0.119. The number of amides is 2. The van der Waals surface area contributed by atoms with Gasteiger partial charge in [0.15, 0.2) is 11.5 Å². The van der Waals surface area contributed by atoms with Crippen molar-refractivity contribution in [3.63, 3.8) is 0 Å². The number of rotatable bonds is 8. The van der Waals surface area contributed by atoms with E-state index in [1.165, 1.54) is 0 Å². The Morgan fingerprint density at radius 1 is 1.06 bits per heavy atom. The molecule has 1 aliphatic rings. The maximum absolute atomic E-state index is 13.1. The van der Waals surface area contributed by atoms with Crippen molar-refractivity contribution in [3.05, 3.63) is 53.6 Å². The van der Waals surface area contributed by atoms with Crippen molar-refractivity contribution in [1.82, 2.24) is 4.90 Å². The van der Waals surface area contributed by atoms with Gasteiger partial charge >= 0.3 is 6.09 Å².